The minimum atomic E-state index is -0.634. The van der Waals surface area contributed by atoms with Gasteiger partial charge in [-0.25, -0.2) is 0 Å². The zero-order chi connectivity index (χ0) is 20.8. The van der Waals surface area contributed by atoms with E-state index in [4.69, 9.17) is 0 Å². The van der Waals surface area contributed by atoms with Crippen LogP contribution in [-0.4, -0.2) is 41.0 Å². The Morgan fingerprint density at radius 1 is 1.21 bits per heavy atom. The first-order valence-corrected chi connectivity index (χ1v) is 10.7. The van der Waals surface area contributed by atoms with Crippen molar-refractivity contribution in [1.29, 1.82) is 0 Å². The second-order valence-corrected chi connectivity index (χ2v) is 8.02. The monoisotopic (exact) mass is 411 g/mol. The fraction of sp³-hybridized carbons (Fsp3) is 0.318. The van der Waals surface area contributed by atoms with E-state index < -0.39 is 6.04 Å². The van der Waals surface area contributed by atoms with Crippen LogP contribution in [0.5, 0.6) is 0 Å². The second-order valence-electron chi connectivity index (χ2n) is 6.89. The maximum Gasteiger partial charge on any atom is 0.254 e. The number of anilines is 2. The molecule has 6 nitrogen and oxygen atoms in total. The van der Waals surface area contributed by atoms with Crippen molar-refractivity contribution in [2.75, 3.05) is 22.9 Å². The Labute approximate surface area is 175 Å². The first-order chi connectivity index (χ1) is 14.0. The van der Waals surface area contributed by atoms with Gasteiger partial charge in [-0.3, -0.25) is 14.4 Å². The quantitative estimate of drug-likeness (QED) is 0.753. The van der Waals surface area contributed by atoms with Crippen LogP contribution in [0.2, 0.25) is 0 Å². The van der Waals surface area contributed by atoms with Gasteiger partial charge in [-0.05, 0) is 43.7 Å². The molecule has 7 heteroatoms. The summed E-state index contributed by atoms with van der Waals surface area (Å²) in [5.41, 5.74) is 1.80. The smallest absolute Gasteiger partial charge is 0.254 e. The number of hydrogen-bond donors (Lipinski definition) is 2. The molecule has 0 saturated heterocycles. The molecule has 152 valence electrons. The van der Waals surface area contributed by atoms with E-state index in [0.29, 0.717) is 35.7 Å². The topological polar surface area (TPSA) is 78.5 Å². The van der Waals surface area contributed by atoms with Crippen molar-refractivity contribution in [3.05, 3.63) is 54.1 Å². The third-order valence-corrected chi connectivity index (χ3v) is 5.78. The van der Waals surface area contributed by atoms with Gasteiger partial charge in [0.1, 0.15) is 6.04 Å². The highest BCUT2D eigenvalue weighted by atomic mass is 32.2. The van der Waals surface area contributed by atoms with E-state index in [2.05, 4.69) is 10.6 Å². The molecule has 1 unspecified atom stereocenters. The predicted molar refractivity (Wildman–Crippen MR) is 116 cm³/mol. The Morgan fingerprint density at radius 3 is 2.69 bits per heavy atom. The molecule has 3 rings (SSSR count). The van der Waals surface area contributed by atoms with Crippen molar-refractivity contribution in [3.8, 4) is 0 Å². The van der Waals surface area contributed by atoms with Gasteiger partial charge in [0.05, 0.1) is 5.69 Å². The van der Waals surface area contributed by atoms with Crippen molar-refractivity contribution in [2.24, 2.45) is 0 Å². The molecule has 0 fully saturated rings. The van der Waals surface area contributed by atoms with Crippen molar-refractivity contribution < 1.29 is 14.4 Å². The molecule has 1 heterocycles. The van der Waals surface area contributed by atoms with E-state index in [9.17, 15) is 14.4 Å². The van der Waals surface area contributed by atoms with Crippen molar-refractivity contribution in [3.63, 3.8) is 0 Å². The van der Waals surface area contributed by atoms with Gasteiger partial charge in [0.25, 0.3) is 5.91 Å². The Morgan fingerprint density at radius 2 is 1.97 bits per heavy atom. The summed E-state index contributed by atoms with van der Waals surface area (Å²) >= 11 is 1.59. The molecule has 29 heavy (non-hydrogen) atoms. The van der Waals surface area contributed by atoms with Crippen LogP contribution < -0.4 is 10.6 Å². The Balaban J connectivity index is 1.80. The van der Waals surface area contributed by atoms with Crippen LogP contribution in [0.25, 0.3) is 0 Å². The molecule has 1 aliphatic heterocycles. The van der Waals surface area contributed by atoms with Gasteiger partial charge >= 0.3 is 0 Å². The molecule has 0 saturated carbocycles. The van der Waals surface area contributed by atoms with Crippen LogP contribution >= 0.6 is 11.8 Å². The molecule has 0 aromatic heterocycles. The minimum Gasteiger partial charge on any atom is -0.327 e. The number of nitrogens with zero attached hydrogens (tertiary/aromatic N) is 1. The largest absolute Gasteiger partial charge is 0.327 e. The summed E-state index contributed by atoms with van der Waals surface area (Å²) in [6, 6.07) is 13.9. The molecule has 0 bridgehead atoms. The lowest BCUT2D eigenvalue weighted by Crippen LogP contribution is -2.46. The summed E-state index contributed by atoms with van der Waals surface area (Å²) in [4.78, 5) is 40.3. The van der Waals surface area contributed by atoms with E-state index >= 15 is 0 Å². The van der Waals surface area contributed by atoms with E-state index in [1.807, 2.05) is 43.3 Å². The summed E-state index contributed by atoms with van der Waals surface area (Å²) in [5.74, 6) is 0.192. The number of amides is 3. The first-order valence-electron chi connectivity index (χ1n) is 9.73. The molecular weight excluding hydrogens is 386 g/mol. The van der Waals surface area contributed by atoms with Crippen molar-refractivity contribution in [2.45, 2.75) is 37.6 Å². The summed E-state index contributed by atoms with van der Waals surface area (Å²) in [6.07, 6.45) is 1.17. The lowest BCUT2D eigenvalue weighted by molar-refractivity contribution is -0.120. The number of carbonyl (C=O) groups is 3. The van der Waals surface area contributed by atoms with Crippen LogP contribution in [0.3, 0.4) is 0 Å². The van der Waals surface area contributed by atoms with Gasteiger partial charge in [-0.1, -0.05) is 25.1 Å². The number of thioether (sulfide) groups is 1. The molecule has 2 aromatic carbocycles. The van der Waals surface area contributed by atoms with Crippen molar-refractivity contribution in [1.82, 2.24) is 4.90 Å². The molecule has 3 amide bonds. The number of fused-ring (bicyclic) bond motifs is 1. The predicted octanol–water partition coefficient (Wildman–Crippen LogP) is 4.00. The van der Waals surface area contributed by atoms with Gasteiger partial charge in [-0.2, -0.15) is 0 Å². The molecule has 0 spiro atoms. The first kappa shape index (κ1) is 20.9. The Hall–Kier alpha value is -2.80. The number of para-hydroxylation sites is 1. The van der Waals surface area contributed by atoms with Gasteiger partial charge in [0.2, 0.25) is 11.8 Å². The second kappa shape index (κ2) is 9.60. The number of hydrogen-bond acceptors (Lipinski definition) is 4. The molecule has 2 aromatic rings. The van der Waals surface area contributed by atoms with Gasteiger partial charge < -0.3 is 15.5 Å². The standard InChI is InChI=1S/C22H25N3O3S/c1-3-12-25(15(2)21(27)23-17-7-5-4-6-8-17)22(28)16-9-10-19-18(14-16)24-20(26)11-13-29-19/h4-10,14-15H,3,11-13H2,1-2H3,(H,23,27)(H,24,26). The van der Waals surface area contributed by atoms with Crippen LogP contribution in [0, 0.1) is 0 Å². The lowest BCUT2D eigenvalue weighted by Gasteiger charge is -2.28. The fourth-order valence-electron chi connectivity index (χ4n) is 3.14. The molecule has 1 aliphatic rings. The molecule has 0 radical (unpaired) electrons. The van der Waals surface area contributed by atoms with E-state index in [1.165, 1.54) is 0 Å². The summed E-state index contributed by atoms with van der Waals surface area (Å²) in [6.45, 7) is 4.16. The average molecular weight is 412 g/mol. The Bertz CT molecular complexity index is 901. The summed E-state index contributed by atoms with van der Waals surface area (Å²) in [7, 11) is 0. The van der Waals surface area contributed by atoms with Gasteiger partial charge in [-0.15, -0.1) is 11.8 Å². The lowest BCUT2D eigenvalue weighted by atomic mass is 10.1. The number of nitrogens with one attached hydrogen (secondary N) is 2. The molecule has 1 atom stereocenters. The number of carbonyl (C=O) groups excluding carboxylic acids is 3. The highest BCUT2D eigenvalue weighted by molar-refractivity contribution is 7.99. The van der Waals surface area contributed by atoms with Gasteiger partial charge in [0, 0.05) is 34.9 Å². The summed E-state index contributed by atoms with van der Waals surface area (Å²) in [5, 5.41) is 5.72. The molecule has 2 N–H and O–H groups in total. The highest BCUT2D eigenvalue weighted by Crippen LogP contribution is 2.32. The minimum absolute atomic E-state index is 0.0538. The summed E-state index contributed by atoms with van der Waals surface area (Å²) < 4.78 is 0. The van der Waals surface area contributed by atoms with E-state index in [-0.39, 0.29) is 17.7 Å². The van der Waals surface area contributed by atoms with Crippen LogP contribution in [0.4, 0.5) is 11.4 Å². The zero-order valence-electron chi connectivity index (χ0n) is 16.6. The van der Waals surface area contributed by atoms with Crippen molar-refractivity contribution >= 4 is 40.9 Å². The number of benzene rings is 2. The molecule has 0 aliphatic carbocycles. The third-order valence-electron chi connectivity index (χ3n) is 4.70. The fourth-order valence-corrected chi connectivity index (χ4v) is 4.08. The zero-order valence-corrected chi connectivity index (χ0v) is 17.4. The average Bonchev–Trinajstić information content (AvgIpc) is 2.91. The van der Waals surface area contributed by atoms with Gasteiger partial charge in [0.15, 0.2) is 0 Å². The number of rotatable bonds is 6. The highest BCUT2D eigenvalue weighted by Gasteiger charge is 2.27. The van der Waals surface area contributed by atoms with E-state index in [1.54, 1.807) is 35.7 Å². The SMILES string of the molecule is CCCN(C(=O)c1ccc2c(c1)NC(=O)CCS2)C(C)C(=O)Nc1ccccc1. The Kier molecular flexibility index (Phi) is 6.93. The maximum absolute atomic E-state index is 13.2. The van der Waals surface area contributed by atoms with Crippen LogP contribution in [0.1, 0.15) is 37.0 Å². The van der Waals surface area contributed by atoms with Crippen LogP contribution in [-0.2, 0) is 9.59 Å². The van der Waals surface area contributed by atoms with Crippen LogP contribution in [0.15, 0.2) is 53.4 Å². The normalized spacial score (nSPS) is 14.2. The molecular formula is C22H25N3O3S. The third kappa shape index (κ3) is 5.17. The maximum atomic E-state index is 13.2. The van der Waals surface area contributed by atoms with E-state index in [0.717, 1.165) is 11.3 Å².